The molecule has 0 spiro atoms. The largest absolute Gasteiger partial charge is 0.346 e. The van der Waals surface area contributed by atoms with E-state index in [0.29, 0.717) is 18.6 Å². The Kier molecular flexibility index (Phi) is 5.85. The molecule has 1 atom stereocenters. The van der Waals surface area contributed by atoms with Crippen molar-refractivity contribution in [1.82, 2.24) is 4.90 Å². The Morgan fingerprint density at radius 3 is 2.50 bits per heavy atom. The molecule has 1 aliphatic rings. The first-order chi connectivity index (χ1) is 13.3. The van der Waals surface area contributed by atoms with Crippen LogP contribution in [0.25, 0.3) is 0 Å². The van der Waals surface area contributed by atoms with E-state index in [-0.39, 0.29) is 5.82 Å². The Hall–Kier alpha value is -2.26. The predicted octanol–water partition coefficient (Wildman–Crippen LogP) is 4.57. The predicted molar refractivity (Wildman–Crippen MR) is 106 cm³/mol. The highest BCUT2D eigenvalue weighted by molar-refractivity contribution is 5.46. The van der Waals surface area contributed by atoms with Crippen molar-refractivity contribution in [1.29, 1.82) is 5.26 Å². The van der Waals surface area contributed by atoms with E-state index in [2.05, 4.69) is 11.0 Å². The minimum atomic E-state index is -0.835. The molecule has 148 valence electrons. The van der Waals surface area contributed by atoms with Gasteiger partial charge in [-0.3, -0.25) is 0 Å². The number of halogens is 1. The molecule has 0 fully saturated rings. The molecule has 3 rings (SSSR count). The number of hydrogen-bond acceptors (Lipinski definition) is 4. The molecule has 2 aromatic carbocycles. The molecular formula is C23H27FN2O2. The maximum atomic E-state index is 13.7. The van der Waals surface area contributed by atoms with Crippen LogP contribution in [0, 0.1) is 17.1 Å². The average Bonchev–Trinajstić information content (AvgIpc) is 2.76. The Labute approximate surface area is 166 Å². The Bertz CT molecular complexity index is 871. The zero-order chi connectivity index (χ0) is 20.4. The highest BCUT2D eigenvalue weighted by atomic mass is 19.1. The first-order valence-corrected chi connectivity index (χ1v) is 9.54. The van der Waals surface area contributed by atoms with E-state index in [0.717, 1.165) is 29.7 Å². The van der Waals surface area contributed by atoms with Gasteiger partial charge in [0.15, 0.2) is 5.79 Å². The lowest BCUT2D eigenvalue weighted by Crippen LogP contribution is -2.40. The van der Waals surface area contributed by atoms with Gasteiger partial charge < -0.3 is 14.4 Å². The summed E-state index contributed by atoms with van der Waals surface area (Å²) >= 11 is 0. The SMILES string of the molecule is CN(C)CCCC1(c2ccc(F)cc2)OC(C)(C)OCc2cc(C#N)ccc21. The van der Waals surface area contributed by atoms with E-state index in [1.54, 1.807) is 12.1 Å². The van der Waals surface area contributed by atoms with Crippen molar-refractivity contribution >= 4 is 0 Å². The van der Waals surface area contributed by atoms with Gasteiger partial charge in [-0.15, -0.1) is 0 Å². The fourth-order valence-electron chi connectivity index (χ4n) is 3.84. The first kappa shape index (κ1) is 20.5. The van der Waals surface area contributed by atoms with E-state index >= 15 is 0 Å². The van der Waals surface area contributed by atoms with Crippen LogP contribution < -0.4 is 0 Å². The van der Waals surface area contributed by atoms with Gasteiger partial charge in [0.25, 0.3) is 0 Å². The monoisotopic (exact) mass is 382 g/mol. The van der Waals surface area contributed by atoms with Crippen molar-refractivity contribution < 1.29 is 13.9 Å². The number of rotatable bonds is 5. The van der Waals surface area contributed by atoms with Gasteiger partial charge in [-0.25, -0.2) is 4.39 Å². The van der Waals surface area contributed by atoms with Crippen molar-refractivity contribution in [3.8, 4) is 6.07 Å². The number of benzene rings is 2. The molecule has 0 aliphatic carbocycles. The normalized spacial score (nSPS) is 21.0. The Balaban J connectivity index is 2.19. The maximum absolute atomic E-state index is 13.7. The summed E-state index contributed by atoms with van der Waals surface area (Å²) in [5, 5.41) is 9.32. The van der Waals surface area contributed by atoms with E-state index in [9.17, 15) is 9.65 Å². The topological polar surface area (TPSA) is 45.5 Å². The number of nitrogens with zero attached hydrogens (tertiary/aromatic N) is 2. The second-order valence-electron chi connectivity index (χ2n) is 8.02. The molecule has 1 unspecified atom stereocenters. The molecule has 28 heavy (non-hydrogen) atoms. The summed E-state index contributed by atoms with van der Waals surface area (Å²) in [4.78, 5) is 2.14. The summed E-state index contributed by atoms with van der Waals surface area (Å²) in [5.74, 6) is -1.12. The molecule has 0 saturated heterocycles. The standard InChI is InChI=1S/C23H27FN2O2/c1-22(2)27-16-18-14-17(15-25)6-11-21(18)23(28-22,12-5-13-26(3)4)19-7-9-20(24)10-8-19/h6-11,14H,5,12-13,16H2,1-4H3. The van der Waals surface area contributed by atoms with Gasteiger partial charge in [-0.05, 0) is 88.3 Å². The van der Waals surface area contributed by atoms with Crippen LogP contribution in [-0.4, -0.2) is 31.3 Å². The van der Waals surface area contributed by atoms with Crippen molar-refractivity contribution in [2.45, 2.75) is 44.7 Å². The van der Waals surface area contributed by atoms with Gasteiger partial charge in [-0.1, -0.05) is 18.2 Å². The lowest BCUT2D eigenvalue weighted by atomic mass is 9.79. The van der Waals surface area contributed by atoms with E-state index < -0.39 is 11.4 Å². The highest BCUT2D eigenvalue weighted by Crippen LogP contribution is 2.45. The number of fused-ring (bicyclic) bond motifs is 1. The molecule has 0 N–H and O–H groups in total. The number of nitriles is 1. The van der Waals surface area contributed by atoms with E-state index in [1.807, 2.05) is 46.1 Å². The lowest BCUT2D eigenvalue weighted by Gasteiger charge is -2.40. The third kappa shape index (κ3) is 4.25. The summed E-state index contributed by atoms with van der Waals surface area (Å²) in [6.07, 6.45) is 1.60. The van der Waals surface area contributed by atoms with Crippen LogP contribution in [0.15, 0.2) is 42.5 Å². The van der Waals surface area contributed by atoms with Crippen molar-refractivity contribution in [3.05, 3.63) is 70.5 Å². The first-order valence-electron chi connectivity index (χ1n) is 9.54. The van der Waals surface area contributed by atoms with E-state index in [4.69, 9.17) is 9.47 Å². The molecule has 0 bridgehead atoms. The van der Waals surface area contributed by atoms with Crippen molar-refractivity contribution in [2.75, 3.05) is 20.6 Å². The van der Waals surface area contributed by atoms with Gasteiger partial charge in [0, 0.05) is 0 Å². The van der Waals surface area contributed by atoms with Gasteiger partial charge in [0.05, 0.1) is 18.2 Å². The Morgan fingerprint density at radius 1 is 1.14 bits per heavy atom. The third-order valence-corrected chi connectivity index (χ3v) is 5.11. The van der Waals surface area contributed by atoms with E-state index in [1.165, 1.54) is 12.1 Å². The molecule has 0 amide bonds. The summed E-state index contributed by atoms with van der Waals surface area (Å²) in [6.45, 7) is 5.05. The highest BCUT2D eigenvalue weighted by Gasteiger charge is 2.44. The zero-order valence-electron chi connectivity index (χ0n) is 17.0. The molecular weight excluding hydrogens is 355 g/mol. The van der Waals surface area contributed by atoms with Crippen LogP contribution in [0.5, 0.6) is 0 Å². The lowest BCUT2D eigenvalue weighted by molar-refractivity contribution is -0.263. The average molecular weight is 382 g/mol. The minimum Gasteiger partial charge on any atom is -0.346 e. The molecule has 0 aromatic heterocycles. The summed E-state index contributed by atoms with van der Waals surface area (Å²) in [6, 6.07) is 14.3. The molecule has 2 aromatic rings. The zero-order valence-corrected chi connectivity index (χ0v) is 17.0. The fraction of sp³-hybridized carbons (Fsp3) is 0.435. The van der Waals surface area contributed by atoms with Gasteiger partial charge >= 0.3 is 0 Å². The minimum absolute atomic E-state index is 0.281. The maximum Gasteiger partial charge on any atom is 0.164 e. The van der Waals surface area contributed by atoms with Crippen molar-refractivity contribution in [3.63, 3.8) is 0 Å². The van der Waals surface area contributed by atoms with Gasteiger partial charge in [0.1, 0.15) is 11.4 Å². The van der Waals surface area contributed by atoms with Crippen LogP contribution in [0.3, 0.4) is 0 Å². The second kappa shape index (κ2) is 8.00. The Morgan fingerprint density at radius 2 is 1.86 bits per heavy atom. The molecule has 1 heterocycles. The molecule has 5 heteroatoms. The van der Waals surface area contributed by atoms with Crippen LogP contribution >= 0.6 is 0 Å². The quantitative estimate of drug-likeness (QED) is 0.760. The molecule has 4 nitrogen and oxygen atoms in total. The summed E-state index contributed by atoms with van der Waals surface area (Å²) < 4.78 is 26.3. The smallest absolute Gasteiger partial charge is 0.164 e. The van der Waals surface area contributed by atoms with Crippen LogP contribution in [-0.2, 0) is 21.7 Å². The third-order valence-electron chi connectivity index (χ3n) is 5.11. The van der Waals surface area contributed by atoms with Crippen molar-refractivity contribution in [2.24, 2.45) is 0 Å². The number of hydrogen-bond donors (Lipinski definition) is 0. The van der Waals surface area contributed by atoms with Crippen LogP contribution in [0.2, 0.25) is 0 Å². The molecule has 0 saturated carbocycles. The van der Waals surface area contributed by atoms with Gasteiger partial charge in [-0.2, -0.15) is 5.26 Å². The summed E-state index contributed by atoms with van der Waals surface area (Å²) in [7, 11) is 4.08. The van der Waals surface area contributed by atoms with Crippen LogP contribution in [0.4, 0.5) is 4.39 Å². The molecule has 0 radical (unpaired) electrons. The molecule has 1 aliphatic heterocycles. The van der Waals surface area contributed by atoms with Crippen LogP contribution in [0.1, 0.15) is 48.9 Å². The number of ether oxygens (including phenoxy) is 2. The summed E-state index contributed by atoms with van der Waals surface area (Å²) in [5.41, 5.74) is 2.59. The van der Waals surface area contributed by atoms with Gasteiger partial charge in [0.2, 0.25) is 0 Å². The fourth-order valence-corrected chi connectivity index (χ4v) is 3.84. The second-order valence-corrected chi connectivity index (χ2v) is 8.02.